The second-order valence-electron chi connectivity index (χ2n) is 9.42. The van der Waals surface area contributed by atoms with Crippen molar-refractivity contribution in [2.75, 3.05) is 0 Å². The second kappa shape index (κ2) is 7.05. The smallest absolute Gasteiger partial charge is 0.000706 e. The molecular formula is C33H24. The molecule has 0 amide bonds. The third kappa shape index (κ3) is 2.84. The van der Waals surface area contributed by atoms with Crippen LogP contribution in [-0.4, -0.2) is 0 Å². The number of rotatable bonds is 2. The molecule has 2 aliphatic rings. The first kappa shape index (κ1) is 18.7. The van der Waals surface area contributed by atoms with Crippen molar-refractivity contribution in [1.82, 2.24) is 0 Å². The highest BCUT2D eigenvalue weighted by atomic mass is 14.3. The maximum atomic E-state index is 2.43. The van der Waals surface area contributed by atoms with Crippen LogP contribution in [0.3, 0.4) is 0 Å². The van der Waals surface area contributed by atoms with Crippen molar-refractivity contribution in [2.24, 2.45) is 0 Å². The minimum Gasteiger partial charge on any atom is -0.0619 e. The molecule has 0 N–H and O–H groups in total. The molecular weight excluding hydrogens is 396 g/mol. The van der Waals surface area contributed by atoms with E-state index in [1.54, 1.807) is 0 Å². The van der Waals surface area contributed by atoms with Gasteiger partial charge in [0.25, 0.3) is 0 Å². The van der Waals surface area contributed by atoms with E-state index in [1.165, 1.54) is 72.3 Å². The summed E-state index contributed by atoms with van der Waals surface area (Å²) in [7, 11) is 0. The van der Waals surface area contributed by atoms with E-state index >= 15 is 0 Å². The van der Waals surface area contributed by atoms with E-state index in [0.29, 0.717) is 0 Å². The summed E-state index contributed by atoms with van der Waals surface area (Å²) in [5.74, 6) is 0. The van der Waals surface area contributed by atoms with Crippen LogP contribution in [0.2, 0.25) is 0 Å². The van der Waals surface area contributed by atoms with Crippen molar-refractivity contribution < 1.29 is 0 Å². The monoisotopic (exact) mass is 420 g/mol. The van der Waals surface area contributed by atoms with Crippen LogP contribution in [0.4, 0.5) is 0 Å². The summed E-state index contributed by atoms with van der Waals surface area (Å²) in [6.45, 7) is 2.16. The lowest BCUT2D eigenvalue weighted by molar-refractivity contribution is 1.26. The summed E-state index contributed by atoms with van der Waals surface area (Å²) in [5.41, 5.74) is 18.0. The van der Waals surface area contributed by atoms with Gasteiger partial charge in [0.15, 0.2) is 0 Å². The molecule has 0 radical (unpaired) electrons. The van der Waals surface area contributed by atoms with Gasteiger partial charge in [0.1, 0.15) is 0 Å². The van der Waals surface area contributed by atoms with Crippen LogP contribution < -0.4 is 0 Å². The lowest BCUT2D eigenvalue weighted by Gasteiger charge is -2.17. The Morgan fingerprint density at radius 3 is 1.82 bits per heavy atom. The van der Waals surface area contributed by atoms with Crippen LogP contribution in [0.5, 0.6) is 0 Å². The van der Waals surface area contributed by atoms with Crippen LogP contribution in [0.15, 0.2) is 103 Å². The molecule has 33 heavy (non-hydrogen) atoms. The molecule has 0 bridgehead atoms. The van der Waals surface area contributed by atoms with Crippen LogP contribution in [0, 0.1) is 6.92 Å². The SMILES string of the molecule is Cc1ccc(-c2c(-c3ccc4c(c3)Cc3ccccc3-4)ccc3c2Cc2ccccc2-3)cc1. The number of aryl methyl sites for hydroxylation is 1. The van der Waals surface area contributed by atoms with Gasteiger partial charge >= 0.3 is 0 Å². The molecule has 5 aromatic carbocycles. The molecule has 0 unspecified atom stereocenters. The van der Waals surface area contributed by atoms with Gasteiger partial charge in [-0.05, 0) is 86.5 Å². The summed E-state index contributed by atoms with van der Waals surface area (Å²) >= 11 is 0. The Bertz CT molecular complexity index is 1550. The quantitative estimate of drug-likeness (QED) is 0.263. The molecule has 0 fully saturated rings. The molecule has 0 heteroatoms. The van der Waals surface area contributed by atoms with Gasteiger partial charge in [-0.15, -0.1) is 0 Å². The van der Waals surface area contributed by atoms with Crippen molar-refractivity contribution in [3.63, 3.8) is 0 Å². The fraction of sp³-hybridized carbons (Fsp3) is 0.0909. The number of fused-ring (bicyclic) bond motifs is 6. The summed E-state index contributed by atoms with van der Waals surface area (Å²) in [6, 6.07) is 38.5. The maximum absolute atomic E-state index is 2.43. The van der Waals surface area contributed by atoms with Gasteiger partial charge in [-0.2, -0.15) is 0 Å². The van der Waals surface area contributed by atoms with Crippen molar-refractivity contribution in [1.29, 1.82) is 0 Å². The first-order valence-electron chi connectivity index (χ1n) is 11.8. The summed E-state index contributed by atoms with van der Waals surface area (Å²) < 4.78 is 0. The van der Waals surface area contributed by atoms with E-state index in [1.807, 2.05) is 0 Å². The molecule has 0 aromatic heterocycles. The highest BCUT2D eigenvalue weighted by molar-refractivity contribution is 5.94. The first-order chi connectivity index (χ1) is 16.3. The second-order valence-corrected chi connectivity index (χ2v) is 9.42. The molecule has 5 aromatic rings. The average molecular weight is 421 g/mol. The minimum absolute atomic E-state index is 0.999. The minimum atomic E-state index is 0.999. The molecule has 0 nitrogen and oxygen atoms in total. The molecule has 0 aliphatic heterocycles. The Morgan fingerprint density at radius 2 is 1.03 bits per heavy atom. The molecule has 7 rings (SSSR count). The van der Waals surface area contributed by atoms with E-state index in [9.17, 15) is 0 Å². The topological polar surface area (TPSA) is 0 Å². The Morgan fingerprint density at radius 1 is 0.455 bits per heavy atom. The highest BCUT2D eigenvalue weighted by Crippen LogP contribution is 2.47. The fourth-order valence-electron chi connectivity index (χ4n) is 5.81. The third-order valence-corrected chi connectivity index (χ3v) is 7.43. The Hall–Kier alpha value is -3.90. The normalized spacial score (nSPS) is 12.8. The summed E-state index contributed by atoms with van der Waals surface area (Å²) in [5, 5.41) is 0. The standard InChI is InChI=1S/C33H24/c1-21-10-12-22(13-11-21)33-30(16-17-31-28-9-5-3-7-24(28)20-32(31)33)25-14-15-29-26(19-25)18-23-6-2-4-8-27(23)29/h2-17,19H,18,20H2,1H3. The number of hydrogen-bond acceptors (Lipinski definition) is 0. The third-order valence-electron chi connectivity index (χ3n) is 7.43. The van der Waals surface area contributed by atoms with Gasteiger partial charge in [-0.3, -0.25) is 0 Å². The van der Waals surface area contributed by atoms with Gasteiger partial charge in [-0.25, -0.2) is 0 Å². The van der Waals surface area contributed by atoms with E-state index in [4.69, 9.17) is 0 Å². The van der Waals surface area contributed by atoms with E-state index in [-0.39, 0.29) is 0 Å². The lowest BCUT2D eigenvalue weighted by Crippen LogP contribution is -1.94. The molecule has 2 aliphatic carbocycles. The Balaban J connectivity index is 1.44. The van der Waals surface area contributed by atoms with Crippen LogP contribution in [0.25, 0.3) is 44.5 Å². The molecule has 156 valence electrons. The van der Waals surface area contributed by atoms with Gasteiger partial charge in [-0.1, -0.05) is 109 Å². The predicted octanol–water partition coefficient (Wildman–Crippen LogP) is 8.47. The van der Waals surface area contributed by atoms with Crippen LogP contribution in [0.1, 0.15) is 27.8 Å². The Kier molecular flexibility index (Phi) is 3.98. The van der Waals surface area contributed by atoms with Crippen molar-refractivity contribution in [3.05, 3.63) is 131 Å². The molecule has 0 atom stereocenters. The van der Waals surface area contributed by atoms with Crippen molar-refractivity contribution in [3.8, 4) is 44.5 Å². The zero-order chi connectivity index (χ0) is 21.9. The van der Waals surface area contributed by atoms with E-state index in [2.05, 4.69) is 110 Å². The molecule has 0 spiro atoms. The Labute approximate surface area is 195 Å². The predicted molar refractivity (Wildman–Crippen MR) is 139 cm³/mol. The van der Waals surface area contributed by atoms with Gasteiger partial charge in [0.2, 0.25) is 0 Å². The summed E-state index contributed by atoms with van der Waals surface area (Å²) in [6.07, 6.45) is 2.02. The largest absolute Gasteiger partial charge is 0.0619 e. The molecule has 0 saturated carbocycles. The fourth-order valence-corrected chi connectivity index (χ4v) is 5.81. The van der Waals surface area contributed by atoms with Crippen molar-refractivity contribution in [2.45, 2.75) is 19.8 Å². The number of hydrogen-bond donors (Lipinski definition) is 0. The van der Waals surface area contributed by atoms with Gasteiger partial charge in [0, 0.05) is 0 Å². The zero-order valence-electron chi connectivity index (χ0n) is 18.7. The van der Waals surface area contributed by atoms with Crippen molar-refractivity contribution >= 4 is 0 Å². The average Bonchev–Trinajstić information content (AvgIpc) is 3.42. The maximum Gasteiger partial charge on any atom is -0.000706 e. The molecule has 0 saturated heterocycles. The van der Waals surface area contributed by atoms with E-state index in [0.717, 1.165) is 12.8 Å². The first-order valence-corrected chi connectivity index (χ1v) is 11.8. The van der Waals surface area contributed by atoms with Gasteiger partial charge < -0.3 is 0 Å². The lowest BCUT2D eigenvalue weighted by atomic mass is 9.87. The van der Waals surface area contributed by atoms with E-state index < -0.39 is 0 Å². The van der Waals surface area contributed by atoms with Crippen LogP contribution in [-0.2, 0) is 12.8 Å². The summed E-state index contributed by atoms with van der Waals surface area (Å²) in [4.78, 5) is 0. The number of benzene rings is 5. The zero-order valence-corrected chi connectivity index (χ0v) is 18.7. The highest BCUT2D eigenvalue weighted by Gasteiger charge is 2.25. The van der Waals surface area contributed by atoms with Crippen LogP contribution >= 0.6 is 0 Å². The van der Waals surface area contributed by atoms with Gasteiger partial charge in [0.05, 0.1) is 0 Å². The molecule has 0 heterocycles.